The van der Waals surface area contributed by atoms with E-state index in [-0.39, 0.29) is 31.0 Å². The fraction of sp³-hybridized carbons (Fsp3) is 0.750. The number of nitrogens with zero attached hydrogens (tertiary/aromatic N) is 1. The van der Waals surface area contributed by atoms with Crippen molar-refractivity contribution in [3.63, 3.8) is 0 Å². The zero-order valence-electron chi connectivity index (χ0n) is 15.7. The van der Waals surface area contributed by atoms with Gasteiger partial charge in [-0.05, 0) is 30.6 Å². The number of nitrogens with one attached hydrogen (secondary N) is 1. The van der Waals surface area contributed by atoms with E-state index in [1.54, 1.807) is 13.8 Å². The molecule has 2 rings (SSSR count). The van der Waals surface area contributed by atoms with Crippen LogP contribution in [0.5, 0.6) is 0 Å². The van der Waals surface area contributed by atoms with E-state index in [0.29, 0.717) is 12.0 Å². The summed E-state index contributed by atoms with van der Waals surface area (Å²) in [6, 6.07) is 0. The Kier molecular flexibility index (Phi) is 7.15. The molecule has 2 unspecified atom stereocenters. The van der Waals surface area contributed by atoms with Crippen LogP contribution >= 0.6 is 21.1 Å². The van der Waals surface area contributed by atoms with Crippen LogP contribution in [-0.4, -0.2) is 26.7 Å². The van der Waals surface area contributed by atoms with E-state index in [1.807, 2.05) is 20.8 Å². The SMILES string of the molecule is Cc1cn([C@H]2CC(C(C)(C)C)[C@@H]([C@H](C)CP(=O)([O-])O)O2)c(=O)[nH]c1=O.S. The minimum Gasteiger partial charge on any atom is -0.779 e. The van der Waals surface area contributed by atoms with Crippen LogP contribution in [0.2, 0.25) is 0 Å². The molecule has 0 saturated carbocycles. The zero-order chi connectivity index (χ0) is 19.2. The van der Waals surface area contributed by atoms with Gasteiger partial charge in [0.2, 0.25) is 0 Å². The molecule has 0 amide bonds. The van der Waals surface area contributed by atoms with E-state index in [2.05, 4.69) is 4.98 Å². The van der Waals surface area contributed by atoms with Crippen LogP contribution in [0.3, 0.4) is 0 Å². The minimum atomic E-state index is -4.41. The van der Waals surface area contributed by atoms with Crippen molar-refractivity contribution in [3.05, 3.63) is 32.6 Å². The van der Waals surface area contributed by atoms with Crippen molar-refractivity contribution in [1.29, 1.82) is 0 Å². The van der Waals surface area contributed by atoms with Crippen molar-refractivity contribution < 1.29 is 19.1 Å². The molecule has 2 heterocycles. The van der Waals surface area contributed by atoms with Gasteiger partial charge in [-0.1, -0.05) is 27.7 Å². The van der Waals surface area contributed by atoms with Crippen LogP contribution < -0.4 is 16.1 Å². The Balaban J connectivity index is 0.00000338. The molecule has 10 heteroatoms. The Morgan fingerprint density at radius 1 is 1.46 bits per heavy atom. The van der Waals surface area contributed by atoms with Crippen LogP contribution in [0.15, 0.2) is 15.8 Å². The Bertz CT molecular complexity index is 793. The number of aryl methyl sites for hydroxylation is 1. The van der Waals surface area contributed by atoms with Crippen LogP contribution in [0.1, 0.15) is 45.9 Å². The summed E-state index contributed by atoms with van der Waals surface area (Å²) < 4.78 is 18.7. The van der Waals surface area contributed by atoms with Crippen molar-refractivity contribution in [2.45, 2.75) is 53.4 Å². The molecule has 150 valence electrons. The lowest BCUT2D eigenvalue weighted by Gasteiger charge is -2.35. The van der Waals surface area contributed by atoms with Crippen molar-refractivity contribution in [2.75, 3.05) is 6.16 Å². The molecule has 1 aliphatic heterocycles. The van der Waals surface area contributed by atoms with Crippen LogP contribution in [-0.2, 0) is 9.30 Å². The summed E-state index contributed by atoms with van der Waals surface area (Å²) in [5.74, 6) is -0.444. The number of rotatable bonds is 4. The molecule has 1 aliphatic rings. The van der Waals surface area contributed by atoms with Crippen molar-refractivity contribution in [3.8, 4) is 0 Å². The largest absolute Gasteiger partial charge is 0.779 e. The highest BCUT2D eigenvalue weighted by atomic mass is 32.1. The Labute approximate surface area is 159 Å². The number of aromatic amines is 1. The van der Waals surface area contributed by atoms with E-state index in [4.69, 9.17) is 4.74 Å². The van der Waals surface area contributed by atoms with Gasteiger partial charge in [0.25, 0.3) is 5.56 Å². The number of H-pyrrole nitrogens is 1. The number of aromatic nitrogens is 2. The average Bonchev–Trinajstić information content (AvgIpc) is 2.86. The second-order valence-electron chi connectivity index (χ2n) is 8.04. The summed E-state index contributed by atoms with van der Waals surface area (Å²) in [7, 11) is -4.41. The van der Waals surface area contributed by atoms with Crippen LogP contribution in [0.25, 0.3) is 0 Å². The quantitative estimate of drug-likeness (QED) is 0.720. The summed E-state index contributed by atoms with van der Waals surface area (Å²) in [5, 5.41) is 0. The highest BCUT2D eigenvalue weighted by Crippen LogP contribution is 2.47. The minimum absolute atomic E-state index is 0. The molecule has 1 saturated heterocycles. The molecule has 2 N–H and O–H groups in total. The summed E-state index contributed by atoms with van der Waals surface area (Å²) in [6.45, 7) is 9.40. The summed E-state index contributed by atoms with van der Waals surface area (Å²) in [4.78, 5) is 46.4. The summed E-state index contributed by atoms with van der Waals surface area (Å²) >= 11 is 0. The average molecular weight is 407 g/mol. The van der Waals surface area contributed by atoms with Gasteiger partial charge in [0, 0.05) is 17.9 Å². The van der Waals surface area contributed by atoms with E-state index in [9.17, 15) is 23.9 Å². The molecule has 1 aromatic rings. The molecule has 0 bridgehead atoms. The molecule has 1 fully saturated rings. The van der Waals surface area contributed by atoms with Crippen LogP contribution in [0, 0.1) is 24.2 Å². The van der Waals surface area contributed by atoms with Crippen LogP contribution in [0.4, 0.5) is 0 Å². The predicted molar refractivity (Wildman–Crippen MR) is 102 cm³/mol. The highest BCUT2D eigenvalue weighted by Gasteiger charge is 2.45. The molecule has 5 atom stereocenters. The Hall–Kier alpha value is -0.860. The van der Waals surface area contributed by atoms with Crippen molar-refractivity contribution >= 4 is 21.1 Å². The third-order valence-electron chi connectivity index (χ3n) is 4.81. The standard InChI is InChI=1S/C16H27N2O6P.H2S/c1-9-7-18(15(20)17-14(9)19)12-6-11(16(3,4)5)13(24-12)10(2)8-25(21,22)23;/h7,10-13H,6,8H2,1-5H3,(H,17,19,20)(H2,21,22,23);1H2/p-1/t10-,11?,12-,13-;/m1./s1. The normalized spacial score (nSPS) is 26.8. The summed E-state index contributed by atoms with van der Waals surface area (Å²) in [5.41, 5.74) is -0.787. The Morgan fingerprint density at radius 3 is 2.54 bits per heavy atom. The van der Waals surface area contributed by atoms with E-state index in [0.717, 1.165) is 0 Å². The van der Waals surface area contributed by atoms with Gasteiger partial charge in [-0.2, -0.15) is 13.5 Å². The number of ether oxygens (including phenoxy) is 1. The molecule has 0 aromatic carbocycles. The first kappa shape index (κ1) is 23.2. The van der Waals surface area contributed by atoms with Gasteiger partial charge < -0.3 is 19.1 Å². The fourth-order valence-corrected chi connectivity index (χ4v) is 4.44. The van der Waals surface area contributed by atoms with Crippen molar-refractivity contribution in [1.82, 2.24) is 9.55 Å². The molecule has 0 radical (unpaired) electrons. The first-order chi connectivity index (χ1) is 11.3. The maximum absolute atomic E-state index is 12.1. The fourth-order valence-electron chi connectivity index (χ4n) is 3.51. The third kappa shape index (κ3) is 5.33. The van der Waals surface area contributed by atoms with Gasteiger partial charge in [-0.15, -0.1) is 0 Å². The zero-order valence-corrected chi connectivity index (χ0v) is 17.6. The first-order valence-electron chi connectivity index (χ1n) is 8.30. The molecule has 8 nitrogen and oxygen atoms in total. The second kappa shape index (κ2) is 8.02. The van der Waals surface area contributed by atoms with Crippen molar-refractivity contribution in [2.24, 2.45) is 17.3 Å². The molecular formula is C16H28N2O6PS-. The van der Waals surface area contributed by atoms with Gasteiger partial charge in [-0.25, -0.2) is 4.79 Å². The maximum atomic E-state index is 12.1. The van der Waals surface area contributed by atoms with Gasteiger partial charge in [0.1, 0.15) is 13.8 Å². The van der Waals surface area contributed by atoms with E-state index in [1.165, 1.54) is 10.8 Å². The highest BCUT2D eigenvalue weighted by molar-refractivity contribution is 7.59. The third-order valence-corrected chi connectivity index (χ3v) is 5.85. The molecule has 26 heavy (non-hydrogen) atoms. The first-order valence-corrected chi connectivity index (χ1v) is 10.1. The van der Waals surface area contributed by atoms with Gasteiger partial charge in [0.05, 0.1) is 6.10 Å². The van der Waals surface area contributed by atoms with Gasteiger partial charge in [-0.3, -0.25) is 14.3 Å². The lowest BCUT2D eigenvalue weighted by molar-refractivity contribution is -0.194. The van der Waals surface area contributed by atoms with E-state index < -0.39 is 37.1 Å². The molecule has 0 aliphatic carbocycles. The maximum Gasteiger partial charge on any atom is 0.330 e. The lowest BCUT2D eigenvalue weighted by Crippen LogP contribution is -2.35. The van der Waals surface area contributed by atoms with E-state index >= 15 is 0 Å². The van der Waals surface area contributed by atoms with Gasteiger partial charge >= 0.3 is 5.69 Å². The van der Waals surface area contributed by atoms with Gasteiger partial charge in [0.15, 0.2) is 0 Å². The molecular weight excluding hydrogens is 379 g/mol. The number of hydrogen-bond acceptors (Lipinski definition) is 5. The lowest BCUT2D eigenvalue weighted by atomic mass is 9.74. The monoisotopic (exact) mass is 407 g/mol. The summed E-state index contributed by atoms with van der Waals surface area (Å²) in [6.07, 6.45) is 0.570. The smallest absolute Gasteiger partial charge is 0.330 e. The molecule has 0 spiro atoms. The Morgan fingerprint density at radius 2 is 2.04 bits per heavy atom. The predicted octanol–water partition coefficient (Wildman–Crippen LogP) is 1.09. The number of hydrogen-bond donors (Lipinski definition) is 2. The molecule has 1 aromatic heterocycles. The topological polar surface area (TPSA) is 124 Å². The second-order valence-corrected chi connectivity index (χ2v) is 9.68.